The average molecular weight is 442 g/mol. The molecular formula is C23H28FN5O3. The highest BCUT2D eigenvalue weighted by Gasteiger charge is 2.21. The van der Waals surface area contributed by atoms with E-state index in [4.69, 9.17) is 0 Å². The maximum Gasteiger partial charge on any atom is 0.325 e. The molecule has 1 heterocycles. The summed E-state index contributed by atoms with van der Waals surface area (Å²) in [5.41, 5.74) is 3.22. The number of rotatable bonds is 6. The van der Waals surface area contributed by atoms with Crippen molar-refractivity contribution < 1.29 is 18.8 Å². The van der Waals surface area contributed by atoms with Crippen LogP contribution in [-0.2, 0) is 9.59 Å². The van der Waals surface area contributed by atoms with Crippen molar-refractivity contribution in [3.63, 3.8) is 0 Å². The van der Waals surface area contributed by atoms with E-state index in [0.29, 0.717) is 37.6 Å². The lowest BCUT2D eigenvalue weighted by Crippen LogP contribution is -2.51. The van der Waals surface area contributed by atoms with Crippen LogP contribution in [0.15, 0.2) is 42.5 Å². The van der Waals surface area contributed by atoms with Crippen molar-refractivity contribution in [2.24, 2.45) is 0 Å². The van der Waals surface area contributed by atoms with Gasteiger partial charge in [-0.05, 0) is 55.3 Å². The standard InChI is InChI=1S/C23H28FN5O3/c1-16-4-3-5-20(17(16)2)26-23(32)27-22(31)15-29-12-10-28(11-13-29)14-21(30)25-19-8-6-18(24)7-9-19/h3-9H,10-15H2,1-2H3,(H,25,30)(H2,26,27,31,32). The Kier molecular flexibility index (Phi) is 7.91. The minimum atomic E-state index is -0.556. The van der Waals surface area contributed by atoms with Crippen LogP contribution in [0.4, 0.5) is 20.6 Å². The van der Waals surface area contributed by atoms with Crippen LogP contribution in [0.2, 0.25) is 0 Å². The van der Waals surface area contributed by atoms with Crippen molar-refractivity contribution >= 4 is 29.2 Å². The molecule has 0 aromatic heterocycles. The number of benzene rings is 2. The number of hydrogen-bond donors (Lipinski definition) is 3. The predicted molar refractivity (Wildman–Crippen MR) is 121 cm³/mol. The summed E-state index contributed by atoms with van der Waals surface area (Å²) in [6.45, 7) is 6.65. The average Bonchev–Trinajstić information content (AvgIpc) is 2.74. The molecule has 0 atom stereocenters. The Hall–Kier alpha value is -3.30. The van der Waals surface area contributed by atoms with Gasteiger partial charge in [0.25, 0.3) is 0 Å². The summed E-state index contributed by atoms with van der Waals surface area (Å²) >= 11 is 0. The van der Waals surface area contributed by atoms with E-state index in [1.165, 1.54) is 24.3 Å². The molecule has 0 bridgehead atoms. The third-order valence-corrected chi connectivity index (χ3v) is 5.43. The van der Waals surface area contributed by atoms with Crippen LogP contribution >= 0.6 is 0 Å². The highest BCUT2D eigenvalue weighted by molar-refractivity contribution is 6.02. The molecular weight excluding hydrogens is 413 g/mol. The lowest BCUT2D eigenvalue weighted by atomic mass is 10.1. The van der Waals surface area contributed by atoms with Gasteiger partial charge in [-0.25, -0.2) is 9.18 Å². The summed E-state index contributed by atoms with van der Waals surface area (Å²) < 4.78 is 12.9. The number of amides is 4. The minimum Gasteiger partial charge on any atom is -0.325 e. The zero-order chi connectivity index (χ0) is 23.1. The number of halogens is 1. The van der Waals surface area contributed by atoms with Crippen LogP contribution in [0, 0.1) is 19.7 Å². The summed E-state index contributed by atoms with van der Waals surface area (Å²) in [6, 6.07) is 10.6. The second kappa shape index (κ2) is 10.8. The Morgan fingerprint density at radius 1 is 0.844 bits per heavy atom. The van der Waals surface area contributed by atoms with Crippen LogP contribution in [-0.4, -0.2) is 66.9 Å². The maximum absolute atomic E-state index is 12.9. The number of carbonyl (C=O) groups excluding carboxylic acids is 3. The number of hydrogen-bond acceptors (Lipinski definition) is 5. The molecule has 1 aliphatic rings. The van der Waals surface area contributed by atoms with E-state index < -0.39 is 6.03 Å². The molecule has 1 saturated heterocycles. The topological polar surface area (TPSA) is 93.8 Å². The van der Waals surface area contributed by atoms with E-state index in [9.17, 15) is 18.8 Å². The summed E-state index contributed by atoms with van der Waals surface area (Å²) in [6.07, 6.45) is 0. The van der Waals surface area contributed by atoms with Gasteiger partial charge in [0.2, 0.25) is 11.8 Å². The molecule has 2 aromatic rings. The van der Waals surface area contributed by atoms with Crippen LogP contribution in [0.25, 0.3) is 0 Å². The fourth-order valence-electron chi connectivity index (χ4n) is 3.45. The van der Waals surface area contributed by atoms with Gasteiger partial charge in [-0.3, -0.25) is 24.7 Å². The van der Waals surface area contributed by atoms with E-state index in [0.717, 1.165) is 11.1 Å². The molecule has 3 N–H and O–H groups in total. The normalized spacial score (nSPS) is 14.6. The Morgan fingerprint density at radius 3 is 2.06 bits per heavy atom. The SMILES string of the molecule is Cc1cccc(NC(=O)NC(=O)CN2CCN(CC(=O)Nc3ccc(F)cc3)CC2)c1C. The Balaban J connectivity index is 1.37. The van der Waals surface area contributed by atoms with Gasteiger partial charge >= 0.3 is 6.03 Å². The van der Waals surface area contributed by atoms with E-state index >= 15 is 0 Å². The van der Waals surface area contributed by atoms with Gasteiger partial charge in [0, 0.05) is 37.6 Å². The molecule has 1 fully saturated rings. The third-order valence-electron chi connectivity index (χ3n) is 5.43. The second-order valence-electron chi connectivity index (χ2n) is 7.86. The number of carbonyl (C=O) groups is 3. The number of anilines is 2. The Labute approximate surface area is 186 Å². The van der Waals surface area contributed by atoms with Crippen molar-refractivity contribution in [2.75, 3.05) is 49.9 Å². The van der Waals surface area contributed by atoms with Gasteiger partial charge in [-0.1, -0.05) is 12.1 Å². The third kappa shape index (κ3) is 6.86. The van der Waals surface area contributed by atoms with Crippen molar-refractivity contribution in [3.8, 4) is 0 Å². The van der Waals surface area contributed by atoms with Crippen LogP contribution in [0.3, 0.4) is 0 Å². The largest absolute Gasteiger partial charge is 0.325 e. The maximum atomic E-state index is 12.9. The Morgan fingerprint density at radius 2 is 1.44 bits per heavy atom. The summed E-state index contributed by atoms with van der Waals surface area (Å²) in [4.78, 5) is 40.5. The van der Waals surface area contributed by atoms with Gasteiger partial charge in [-0.15, -0.1) is 0 Å². The van der Waals surface area contributed by atoms with Crippen LogP contribution < -0.4 is 16.0 Å². The molecule has 8 nitrogen and oxygen atoms in total. The quantitative estimate of drug-likeness (QED) is 0.640. The molecule has 0 saturated carbocycles. The fourth-order valence-corrected chi connectivity index (χ4v) is 3.45. The highest BCUT2D eigenvalue weighted by atomic mass is 19.1. The minimum absolute atomic E-state index is 0.107. The lowest BCUT2D eigenvalue weighted by Gasteiger charge is -2.33. The van der Waals surface area contributed by atoms with Gasteiger partial charge in [0.05, 0.1) is 13.1 Å². The highest BCUT2D eigenvalue weighted by Crippen LogP contribution is 2.17. The molecule has 0 radical (unpaired) electrons. The molecule has 0 spiro atoms. The number of aryl methyl sites for hydroxylation is 1. The molecule has 4 amide bonds. The second-order valence-corrected chi connectivity index (χ2v) is 7.86. The number of piperazine rings is 1. The summed E-state index contributed by atoms with van der Waals surface area (Å²) in [7, 11) is 0. The van der Waals surface area contributed by atoms with Crippen molar-refractivity contribution in [2.45, 2.75) is 13.8 Å². The van der Waals surface area contributed by atoms with E-state index in [2.05, 4.69) is 16.0 Å². The predicted octanol–water partition coefficient (Wildman–Crippen LogP) is 2.35. The smallest absolute Gasteiger partial charge is 0.325 e. The van der Waals surface area contributed by atoms with Gasteiger partial charge < -0.3 is 10.6 Å². The van der Waals surface area contributed by atoms with E-state index in [1.807, 2.05) is 35.8 Å². The lowest BCUT2D eigenvalue weighted by molar-refractivity contribution is -0.122. The zero-order valence-electron chi connectivity index (χ0n) is 18.3. The van der Waals surface area contributed by atoms with Crippen LogP contribution in [0.1, 0.15) is 11.1 Å². The van der Waals surface area contributed by atoms with Crippen molar-refractivity contribution in [3.05, 3.63) is 59.4 Å². The monoisotopic (exact) mass is 441 g/mol. The molecule has 170 valence electrons. The van der Waals surface area contributed by atoms with Crippen molar-refractivity contribution in [1.29, 1.82) is 0 Å². The molecule has 2 aromatic carbocycles. The number of urea groups is 1. The first kappa shape index (κ1) is 23.4. The van der Waals surface area contributed by atoms with Crippen LogP contribution in [0.5, 0.6) is 0 Å². The van der Waals surface area contributed by atoms with Crippen molar-refractivity contribution in [1.82, 2.24) is 15.1 Å². The molecule has 32 heavy (non-hydrogen) atoms. The van der Waals surface area contributed by atoms with Gasteiger partial charge in [-0.2, -0.15) is 0 Å². The van der Waals surface area contributed by atoms with Gasteiger partial charge in [0.15, 0.2) is 0 Å². The first-order valence-corrected chi connectivity index (χ1v) is 10.5. The van der Waals surface area contributed by atoms with Gasteiger partial charge in [0.1, 0.15) is 5.82 Å². The fraction of sp³-hybridized carbons (Fsp3) is 0.348. The molecule has 0 aliphatic carbocycles. The number of imide groups is 1. The molecule has 1 aliphatic heterocycles. The molecule has 0 unspecified atom stereocenters. The zero-order valence-corrected chi connectivity index (χ0v) is 18.3. The Bertz CT molecular complexity index is 972. The first-order chi connectivity index (χ1) is 15.3. The molecule has 3 rings (SSSR count). The first-order valence-electron chi connectivity index (χ1n) is 10.5. The van der Waals surface area contributed by atoms with E-state index in [-0.39, 0.29) is 30.7 Å². The number of nitrogens with one attached hydrogen (secondary N) is 3. The molecule has 9 heteroatoms. The number of nitrogens with zero attached hydrogens (tertiary/aromatic N) is 2. The van der Waals surface area contributed by atoms with E-state index in [1.54, 1.807) is 6.07 Å². The summed E-state index contributed by atoms with van der Waals surface area (Å²) in [5, 5.41) is 7.81. The summed E-state index contributed by atoms with van der Waals surface area (Å²) in [5.74, 6) is -0.910.